The van der Waals surface area contributed by atoms with Crippen molar-refractivity contribution in [1.82, 2.24) is 10.0 Å². The number of hydrogen-bond donors (Lipinski definition) is 2. The first-order valence-corrected chi connectivity index (χ1v) is 8.02. The van der Waals surface area contributed by atoms with Crippen LogP contribution in [0.3, 0.4) is 0 Å². The third-order valence-electron chi connectivity index (χ3n) is 3.57. The van der Waals surface area contributed by atoms with E-state index >= 15 is 0 Å². The summed E-state index contributed by atoms with van der Waals surface area (Å²) in [5.41, 5.74) is 0. The van der Waals surface area contributed by atoms with E-state index in [2.05, 4.69) is 10.0 Å². The Kier molecular flexibility index (Phi) is 4.21. The summed E-state index contributed by atoms with van der Waals surface area (Å²) in [6, 6.07) is 0.202. The summed E-state index contributed by atoms with van der Waals surface area (Å²) in [5.74, 6) is 0.609. The molecule has 5 heteroatoms. The molecule has 0 bridgehead atoms. The molecule has 16 heavy (non-hydrogen) atoms. The van der Waals surface area contributed by atoms with E-state index in [1.807, 2.05) is 0 Å². The third-order valence-corrected chi connectivity index (χ3v) is 5.17. The Morgan fingerprint density at radius 3 is 2.50 bits per heavy atom. The van der Waals surface area contributed by atoms with Gasteiger partial charge >= 0.3 is 0 Å². The van der Waals surface area contributed by atoms with Gasteiger partial charge in [0.25, 0.3) is 0 Å². The highest BCUT2D eigenvalue weighted by atomic mass is 32.2. The van der Waals surface area contributed by atoms with Crippen molar-refractivity contribution in [1.29, 1.82) is 0 Å². The van der Waals surface area contributed by atoms with Gasteiger partial charge in [-0.05, 0) is 38.3 Å². The van der Waals surface area contributed by atoms with Crippen molar-refractivity contribution in [2.24, 2.45) is 5.92 Å². The number of sulfonamides is 1. The van der Waals surface area contributed by atoms with E-state index in [0.717, 1.165) is 45.2 Å². The largest absolute Gasteiger partial charge is 0.316 e. The zero-order valence-corrected chi connectivity index (χ0v) is 10.6. The van der Waals surface area contributed by atoms with Crippen molar-refractivity contribution in [3.05, 3.63) is 0 Å². The molecule has 2 N–H and O–H groups in total. The van der Waals surface area contributed by atoms with Crippen molar-refractivity contribution >= 4 is 10.0 Å². The minimum Gasteiger partial charge on any atom is -0.316 e. The standard InChI is InChI=1S/C11H22N2O2S/c14-16(15,9-10-6-7-12-8-10)13-11-4-2-1-3-5-11/h10-13H,1-9H2. The van der Waals surface area contributed by atoms with Gasteiger partial charge in [0.2, 0.25) is 10.0 Å². The van der Waals surface area contributed by atoms with Crippen molar-refractivity contribution < 1.29 is 8.42 Å². The molecule has 1 saturated heterocycles. The van der Waals surface area contributed by atoms with Gasteiger partial charge in [0.1, 0.15) is 0 Å². The summed E-state index contributed by atoms with van der Waals surface area (Å²) in [5, 5.41) is 3.21. The minimum absolute atomic E-state index is 0.202. The van der Waals surface area contributed by atoms with E-state index in [9.17, 15) is 8.42 Å². The van der Waals surface area contributed by atoms with Crippen LogP contribution in [0.15, 0.2) is 0 Å². The van der Waals surface area contributed by atoms with Gasteiger partial charge in [0.05, 0.1) is 5.75 Å². The summed E-state index contributed by atoms with van der Waals surface area (Å²) in [6.45, 7) is 1.81. The lowest BCUT2D eigenvalue weighted by Crippen LogP contribution is -2.39. The second-order valence-corrected chi connectivity index (χ2v) is 6.89. The minimum atomic E-state index is -3.05. The SMILES string of the molecule is O=S(=O)(CC1CCNC1)NC1CCCCC1. The fourth-order valence-corrected chi connectivity index (χ4v) is 4.43. The Balaban J connectivity index is 1.81. The Bertz CT molecular complexity index is 304. The third kappa shape index (κ3) is 3.71. The van der Waals surface area contributed by atoms with E-state index < -0.39 is 10.0 Å². The van der Waals surface area contributed by atoms with Crippen LogP contribution in [0.5, 0.6) is 0 Å². The average Bonchev–Trinajstić information content (AvgIpc) is 2.70. The smallest absolute Gasteiger partial charge is 0.212 e. The van der Waals surface area contributed by atoms with Crippen LogP contribution in [0, 0.1) is 5.92 Å². The molecule has 1 saturated carbocycles. The Hall–Kier alpha value is -0.130. The van der Waals surface area contributed by atoms with Gasteiger partial charge in [-0.1, -0.05) is 19.3 Å². The van der Waals surface area contributed by atoms with E-state index in [0.29, 0.717) is 11.7 Å². The van der Waals surface area contributed by atoms with Gasteiger partial charge in [-0.2, -0.15) is 0 Å². The quantitative estimate of drug-likeness (QED) is 0.773. The highest BCUT2D eigenvalue weighted by Gasteiger charge is 2.25. The second kappa shape index (κ2) is 5.47. The maximum Gasteiger partial charge on any atom is 0.212 e. The predicted molar refractivity (Wildman–Crippen MR) is 64.8 cm³/mol. The van der Waals surface area contributed by atoms with Crippen LogP contribution in [-0.2, 0) is 10.0 Å². The van der Waals surface area contributed by atoms with Crippen LogP contribution in [0.25, 0.3) is 0 Å². The monoisotopic (exact) mass is 246 g/mol. The second-order valence-electron chi connectivity index (χ2n) is 5.09. The van der Waals surface area contributed by atoms with E-state index in [-0.39, 0.29) is 6.04 Å². The molecule has 2 rings (SSSR count). The molecular weight excluding hydrogens is 224 g/mol. The van der Waals surface area contributed by atoms with E-state index in [1.165, 1.54) is 6.42 Å². The molecule has 1 aliphatic heterocycles. The Labute approximate surface area is 98.2 Å². The molecule has 0 aromatic carbocycles. The molecule has 94 valence electrons. The van der Waals surface area contributed by atoms with Gasteiger partial charge in [0.15, 0.2) is 0 Å². The summed E-state index contributed by atoms with van der Waals surface area (Å²) in [4.78, 5) is 0. The van der Waals surface area contributed by atoms with E-state index in [4.69, 9.17) is 0 Å². The summed E-state index contributed by atoms with van der Waals surface area (Å²) in [7, 11) is -3.05. The molecule has 0 aromatic heterocycles. The maximum absolute atomic E-state index is 11.9. The summed E-state index contributed by atoms with van der Waals surface area (Å²) < 4.78 is 26.7. The predicted octanol–water partition coefficient (Wildman–Crippen LogP) is 0.848. The van der Waals surface area contributed by atoms with Gasteiger partial charge in [-0.15, -0.1) is 0 Å². The first kappa shape index (κ1) is 12.3. The molecule has 4 nitrogen and oxygen atoms in total. The lowest BCUT2D eigenvalue weighted by atomic mass is 9.96. The highest BCUT2D eigenvalue weighted by molar-refractivity contribution is 7.89. The molecule has 2 aliphatic rings. The van der Waals surface area contributed by atoms with Crippen LogP contribution < -0.4 is 10.0 Å². The molecule has 0 spiro atoms. The zero-order valence-electron chi connectivity index (χ0n) is 9.74. The van der Waals surface area contributed by atoms with Gasteiger partial charge in [-0.3, -0.25) is 0 Å². The van der Waals surface area contributed by atoms with Gasteiger partial charge < -0.3 is 5.32 Å². The lowest BCUT2D eigenvalue weighted by Gasteiger charge is -2.23. The van der Waals surface area contributed by atoms with Crippen LogP contribution >= 0.6 is 0 Å². The normalized spacial score (nSPS) is 28.4. The van der Waals surface area contributed by atoms with Crippen molar-refractivity contribution in [3.8, 4) is 0 Å². The van der Waals surface area contributed by atoms with Crippen LogP contribution in [0.2, 0.25) is 0 Å². The first-order chi connectivity index (χ1) is 7.66. The van der Waals surface area contributed by atoms with Crippen LogP contribution in [0.4, 0.5) is 0 Å². The molecule has 1 aliphatic carbocycles. The fraction of sp³-hybridized carbons (Fsp3) is 1.00. The average molecular weight is 246 g/mol. The van der Waals surface area contributed by atoms with Gasteiger partial charge in [-0.25, -0.2) is 13.1 Å². The molecule has 1 atom stereocenters. The number of nitrogens with one attached hydrogen (secondary N) is 2. The van der Waals surface area contributed by atoms with Crippen molar-refractivity contribution in [2.45, 2.75) is 44.6 Å². The fourth-order valence-electron chi connectivity index (χ4n) is 2.69. The zero-order chi connectivity index (χ0) is 11.4. The lowest BCUT2D eigenvalue weighted by molar-refractivity contribution is 0.410. The first-order valence-electron chi connectivity index (χ1n) is 6.36. The summed E-state index contributed by atoms with van der Waals surface area (Å²) >= 11 is 0. The number of hydrogen-bond acceptors (Lipinski definition) is 3. The molecule has 1 unspecified atom stereocenters. The molecule has 1 heterocycles. The highest BCUT2D eigenvalue weighted by Crippen LogP contribution is 2.19. The molecular formula is C11H22N2O2S. The van der Waals surface area contributed by atoms with Crippen molar-refractivity contribution in [2.75, 3.05) is 18.8 Å². The van der Waals surface area contributed by atoms with Crippen molar-refractivity contribution in [3.63, 3.8) is 0 Å². The summed E-state index contributed by atoms with van der Waals surface area (Å²) in [6.07, 6.45) is 6.61. The molecule has 0 aromatic rings. The van der Waals surface area contributed by atoms with Crippen LogP contribution in [-0.4, -0.2) is 33.3 Å². The van der Waals surface area contributed by atoms with Gasteiger partial charge in [0, 0.05) is 6.04 Å². The van der Waals surface area contributed by atoms with Crippen LogP contribution in [0.1, 0.15) is 38.5 Å². The van der Waals surface area contributed by atoms with E-state index in [1.54, 1.807) is 0 Å². The Morgan fingerprint density at radius 2 is 1.88 bits per heavy atom. The Morgan fingerprint density at radius 1 is 1.12 bits per heavy atom. The maximum atomic E-state index is 11.9. The molecule has 2 fully saturated rings. The molecule has 0 amide bonds. The topological polar surface area (TPSA) is 58.2 Å². The number of rotatable bonds is 4. The molecule has 0 radical (unpaired) electrons.